The second-order valence-corrected chi connectivity index (χ2v) is 8.08. The molecule has 7 heteroatoms. The lowest BCUT2D eigenvalue weighted by molar-refractivity contribution is 0.0396. The first-order valence-electron chi connectivity index (χ1n) is 10.6. The van der Waals surface area contributed by atoms with Crippen molar-refractivity contribution in [1.29, 1.82) is 0 Å². The SMILES string of the molecule is CN=C(NCCCN(C)CCOC)NC1CC2(CCCC2)Oc2ccccc21.I. The quantitative estimate of drug-likeness (QED) is 0.240. The van der Waals surface area contributed by atoms with Crippen molar-refractivity contribution in [3.05, 3.63) is 29.8 Å². The van der Waals surface area contributed by atoms with Crippen LogP contribution in [-0.2, 0) is 4.74 Å². The van der Waals surface area contributed by atoms with E-state index in [-0.39, 0.29) is 35.6 Å². The van der Waals surface area contributed by atoms with Gasteiger partial charge in [0.25, 0.3) is 0 Å². The van der Waals surface area contributed by atoms with Gasteiger partial charge in [-0.15, -0.1) is 24.0 Å². The third kappa shape index (κ3) is 6.72. The predicted molar refractivity (Wildman–Crippen MR) is 130 cm³/mol. The van der Waals surface area contributed by atoms with Gasteiger partial charge in [-0.1, -0.05) is 18.2 Å². The van der Waals surface area contributed by atoms with E-state index < -0.39 is 0 Å². The maximum atomic E-state index is 6.47. The van der Waals surface area contributed by atoms with Gasteiger partial charge in [-0.2, -0.15) is 0 Å². The van der Waals surface area contributed by atoms with Crippen LogP contribution in [0.15, 0.2) is 29.3 Å². The van der Waals surface area contributed by atoms with E-state index in [1.165, 1.54) is 18.4 Å². The Morgan fingerprint density at radius 2 is 2.03 bits per heavy atom. The fraction of sp³-hybridized carbons (Fsp3) is 0.682. The molecule has 29 heavy (non-hydrogen) atoms. The highest BCUT2D eigenvalue weighted by Gasteiger charge is 2.43. The van der Waals surface area contributed by atoms with E-state index in [2.05, 4.69) is 51.8 Å². The van der Waals surface area contributed by atoms with E-state index in [1.54, 1.807) is 7.11 Å². The molecule has 2 N–H and O–H groups in total. The number of nitrogens with zero attached hydrogens (tertiary/aromatic N) is 2. The van der Waals surface area contributed by atoms with Gasteiger partial charge in [0.1, 0.15) is 11.4 Å². The molecule has 2 aliphatic rings. The highest BCUT2D eigenvalue weighted by Crippen LogP contribution is 2.46. The number of hydrogen-bond donors (Lipinski definition) is 2. The van der Waals surface area contributed by atoms with Crippen molar-refractivity contribution >= 4 is 29.9 Å². The summed E-state index contributed by atoms with van der Waals surface area (Å²) in [5.74, 6) is 1.90. The number of benzene rings is 1. The molecule has 1 fully saturated rings. The largest absolute Gasteiger partial charge is 0.487 e. The number of hydrogen-bond acceptors (Lipinski definition) is 4. The zero-order valence-corrected chi connectivity index (χ0v) is 20.4. The second-order valence-electron chi connectivity index (χ2n) is 8.08. The monoisotopic (exact) mass is 516 g/mol. The van der Waals surface area contributed by atoms with Gasteiger partial charge >= 0.3 is 0 Å². The third-order valence-corrected chi connectivity index (χ3v) is 5.93. The standard InChI is InChI=1S/C22H36N4O2.HI/c1-23-21(24-13-8-14-26(2)15-16-27-3)25-19-17-22(11-6-7-12-22)28-20-10-5-4-9-18(19)20;/h4-5,9-10,19H,6-8,11-17H2,1-3H3,(H2,23,24,25);1H. The van der Waals surface area contributed by atoms with Crippen LogP contribution in [0.5, 0.6) is 5.75 Å². The van der Waals surface area contributed by atoms with Gasteiger partial charge in [-0.3, -0.25) is 4.99 Å². The van der Waals surface area contributed by atoms with Crippen LogP contribution in [0.25, 0.3) is 0 Å². The van der Waals surface area contributed by atoms with Gasteiger partial charge in [0.05, 0.1) is 12.6 Å². The highest BCUT2D eigenvalue weighted by atomic mass is 127. The number of likely N-dealkylation sites (N-methyl/N-ethyl adjacent to an activating group) is 1. The Morgan fingerprint density at radius 3 is 2.76 bits per heavy atom. The zero-order valence-electron chi connectivity index (χ0n) is 18.1. The summed E-state index contributed by atoms with van der Waals surface area (Å²) in [6.07, 6.45) is 6.90. The molecule has 6 nitrogen and oxygen atoms in total. The molecule has 1 unspecified atom stereocenters. The van der Waals surface area contributed by atoms with Crippen molar-refractivity contribution in [3.8, 4) is 5.75 Å². The lowest BCUT2D eigenvalue weighted by Crippen LogP contribution is -2.47. The third-order valence-electron chi connectivity index (χ3n) is 5.93. The van der Waals surface area contributed by atoms with Gasteiger partial charge in [-0.25, -0.2) is 0 Å². The van der Waals surface area contributed by atoms with Crippen molar-refractivity contribution < 1.29 is 9.47 Å². The van der Waals surface area contributed by atoms with Crippen LogP contribution >= 0.6 is 24.0 Å². The summed E-state index contributed by atoms with van der Waals surface area (Å²) in [7, 11) is 5.72. The average Bonchev–Trinajstić information content (AvgIpc) is 3.15. The molecule has 1 aromatic carbocycles. The van der Waals surface area contributed by atoms with Crippen molar-refractivity contribution in [2.75, 3.05) is 47.4 Å². The molecule has 0 aromatic heterocycles. The Kier molecular flexibility index (Phi) is 9.98. The molecule has 1 spiro atoms. The molecule has 3 rings (SSSR count). The van der Waals surface area contributed by atoms with Crippen LogP contribution in [-0.4, -0.2) is 63.9 Å². The zero-order chi connectivity index (χ0) is 19.8. The fourth-order valence-electron chi connectivity index (χ4n) is 4.35. The van der Waals surface area contributed by atoms with E-state index in [9.17, 15) is 0 Å². The summed E-state index contributed by atoms with van der Waals surface area (Å²) in [6, 6.07) is 8.67. The summed E-state index contributed by atoms with van der Waals surface area (Å²) >= 11 is 0. The summed E-state index contributed by atoms with van der Waals surface area (Å²) in [5, 5.41) is 7.14. The first-order valence-corrected chi connectivity index (χ1v) is 10.6. The predicted octanol–water partition coefficient (Wildman–Crippen LogP) is 3.57. The molecule has 1 heterocycles. The molecule has 0 amide bonds. The number of methoxy groups -OCH3 is 1. The van der Waals surface area contributed by atoms with Gasteiger partial charge in [0.15, 0.2) is 5.96 Å². The minimum absolute atomic E-state index is 0. The molecule has 1 saturated carbocycles. The molecule has 1 aromatic rings. The summed E-state index contributed by atoms with van der Waals surface area (Å²) < 4.78 is 11.6. The van der Waals surface area contributed by atoms with Crippen LogP contribution in [0.2, 0.25) is 0 Å². The minimum atomic E-state index is -0.00503. The van der Waals surface area contributed by atoms with Gasteiger partial charge < -0.3 is 25.0 Å². The van der Waals surface area contributed by atoms with Crippen molar-refractivity contribution in [1.82, 2.24) is 15.5 Å². The number of rotatable bonds is 8. The lowest BCUT2D eigenvalue weighted by atomic mass is 9.86. The number of halogens is 1. The van der Waals surface area contributed by atoms with Crippen molar-refractivity contribution in [2.24, 2.45) is 4.99 Å². The average molecular weight is 516 g/mol. The number of nitrogens with one attached hydrogen (secondary N) is 2. The smallest absolute Gasteiger partial charge is 0.191 e. The maximum absolute atomic E-state index is 6.47. The van der Waals surface area contributed by atoms with Crippen molar-refractivity contribution in [2.45, 2.75) is 50.2 Å². The summed E-state index contributed by atoms with van der Waals surface area (Å²) in [5.41, 5.74) is 1.23. The minimum Gasteiger partial charge on any atom is -0.487 e. The van der Waals surface area contributed by atoms with Crippen molar-refractivity contribution in [3.63, 3.8) is 0 Å². The lowest BCUT2D eigenvalue weighted by Gasteiger charge is -2.40. The number of aliphatic imine (C=N–C) groups is 1. The molecule has 0 radical (unpaired) electrons. The maximum Gasteiger partial charge on any atom is 0.191 e. The Labute approximate surface area is 192 Å². The van der Waals surface area contributed by atoms with Crippen LogP contribution in [0.3, 0.4) is 0 Å². The molecule has 1 aliphatic heterocycles. The van der Waals surface area contributed by atoms with E-state index in [1.807, 2.05) is 7.05 Å². The Balaban J connectivity index is 0.00000300. The Morgan fingerprint density at radius 1 is 1.28 bits per heavy atom. The molecular formula is C22H37IN4O2. The molecule has 0 saturated heterocycles. The number of fused-ring (bicyclic) bond motifs is 1. The van der Waals surface area contributed by atoms with Crippen LogP contribution in [0, 0.1) is 0 Å². The first kappa shape index (κ1) is 24.2. The topological polar surface area (TPSA) is 58.1 Å². The van der Waals surface area contributed by atoms with E-state index >= 15 is 0 Å². The Hall–Kier alpha value is -1.06. The molecule has 0 bridgehead atoms. The highest BCUT2D eigenvalue weighted by molar-refractivity contribution is 14.0. The second kappa shape index (κ2) is 12.0. The summed E-state index contributed by atoms with van der Waals surface area (Å²) in [6.45, 7) is 3.67. The Bertz CT molecular complexity index is 649. The first-order chi connectivity index (χ1) is 13.7. The molecule has 164 valence electrons. The van der Waals surface area contributed by atoms with Gasteiger partial charge in [0.2, 0.25) is 0 Å². The fourth-order valence-corrected chi connectivity index (χ4v) is 4.35. The molecule has 1 aliphatic carbocycles. The van der Waals surface area contributed by atoms with Gasteiger partial charge in [0, 0.05) is 39.2 Å². The molecule has 1 atom stereocenters. The van der Waals surface area contributed by atoms with Crippen LogP contribution in [0.1, 0.15) is 50.1 Å². The summed E-state index contributed by atoms with van der Waals surface area (Å²) in [4.78, 5) is 6.75. The normalized spacial score (nSPS) is 20.1. The molecular weight excluding hydrogens is 479 g/mol. The van der Waals surface area contributed by atoms with Crippen LogP contribution < -0.4 is 15.4 Å². The number of ether oxygens (including phenoxy) is 2. The van der Waals surface area contributed by atoms with Gasteiger partial charge in [-0.05, 0) is 51.8 Å². The van der Waals surface area contributed by atoms with E-state index in [4.69, 9.17) is 9.47 Å². The number of para-hydroxylation sites is 1. The van der Waals surface area contributed by atoms with Crippen LogP contribution in [0.4, 0.5) is 0 Å². The number of guanidine groups is 1. The van der Waals surface area contributed by atoms with E-state index in [0.29, 0.717) is 0 Å². The van der Waals surface area contributed by atoms with E-state index in [0.717, 1.165) is 63.6 Å².